The van der Waals surface area contributed by atoms with Gasteiger partial charge in [-0.15, -0.1) is 11.3 Å². The van der Waals surface area contributed by atoms with E-state index in [2.05, 4.69) is 10.1 Å². The van der Waals surface area contributed by atoms with Crippen LogP contribution in [0.3, 0.4) is 0 Å². The van der Waals surface area contributed by atoms with E-state index in [0.29, 0.717) is 27.7 Å². The highest BCUT2D eigenvalue weighted by Crippen LogP contribution is 2.32. The second-order valence-corrected chi connectivity index (χ2v) is 6.73. The van der Waals surface area contributed by atoms with Crippen LogP contribution in [0.1, 0.15) is 17.3 Å². The predicted molar refractivity (Wildman–Crippen MR) is 107 cm³/mol. The lowest BCUT2D eigenvalue weighted by Crippen LogP contribution is -2.30. The lowest BCUT2D eigenvalue weighted by Gasteiger charge is -2.17. The molecule has 0 radical (unpaired) electrons. The highest BCUT2D eigenvalue weighted by Gasteiger charge is 2.19. The smallest absolute Gasteiger partial charge is 0.351 e. The number of hydrogen-bond donors (Lipinski definition) is 1. The second kappa shape index (κ2) is 8.13. The summed E-state index contributed by atoms with van der Waals surface area (Å²) in [5.41, 5.74) is -0.156. The Labute approximate surface area is 164 Å². The van der Waals surface area contributed by atoms with Crippen LogP contribution >= 0.6 is 11.3 Å². The zero-order valence-electron chi connectivity index (χ0n) is 15.5. The van der Waals surface area contributed by atoms with Crippen LogP contribution in [0, 0.1) is 0 Å². The van der Waals surface area contributed by atoms with Gasteiger partial charge in [0.2, 0.25) is 0 Å². The van der Waals surface area contributed by atoms with Crippen molar-refractivity contribution in [2.24, 2.45) is 0 Å². The number of anilines is 2. The van der Waals surface area contributed by atoms with Crippen LogP contribution < -0.4 is 20.6 Å². The van der Waals surface area contributed by atoms with Crippen molar-refractivity contribution in [3.63, 3.8) is 0 Å². The molecule has 9 heteroatoms. The van der Waals surface area contributed by atoms with Gasteiger partial charge >= 0.3 is 17.6 Å². The third kappa shape index (κ3) is 3.84. The Morgan fingerprint density at radius 3 is 2.71 bits per heavy atom. The van der Waals surface area contributed by atoms with Crippen LogP contribution in [0.25, 0.3) is 10.3 Å². The number of carbonyl (C=O) groups is 2. The minimum atomic E-state index is -0.790. The third-order valence-corrected chi connectivity index (χ3v) is 5.02. The lowest BCUT2D eigenvalue weighted by molar-refractivity contribution is 0.0596. The number of methoxy groups -OCH3 is 1. The van der Waals surface area contributed by atoms with E-state index in [1.54, 1.807) is 31.3 Å². The Morgan fingerprint density at radius 2 is 2.00 bits per heavy atom. The zero-order valence-corrected chi connectivity index (χ0v) is 16.3. The van der Waals surface area contributed by atoms with Crippen molar-refractivity contribution in [1.29, 1.82) is 0 Å². The topological polar surface area (TPSA) is 98.1 Å². The number of fused-ring (bicyclic) bond motifs is 1. The highest BCUT2D eigenvalue weighted by molar-refractivity contribution is 7.22. The number of amides is 2. The molecular weight excluding hydrogens is 384 g/mol. The molecule has 2 heterocycles. The van der Waals surface area contributed by atoms with E-state index < -0.39 is 17.6 Å². The predicted octanol–water partition coefficient (Wildman–Crippen LogP) is 3.71. The standard InChI is InChI=1S/C19H18N2O6S/c1-4-26-13-8-6-5-7-12(13)20-19(24)21(2)16-10-14-15(28-16)9-11(17(22)25-3)18(23)27-14/h5-10H,4H2,1-3H3,(H,20,24). The summed E-state index contributed by atoms with van der Waals surface area (Å²) in [5.74, 6) is -0.207. The van der Waals surface area contributed by atoms with Gasteiger partial charge in [0, 0.05) is 13.1 Å². The Morgan fingerprint density at radius 1 is 1.25 bits per heavy atom. The second-order valence-electron chi connectivity index (χ2n) is 5.67. The molecule has 3 aromatic rings. The summed E-state index contributed by atoms with van der Waals surface area (Å²) < 4.78 is 15.8. The maximum Gasteiger partial charge on any atom is 0.351 e. The average molecular weight is 402 g/mol. The minimum absolute atomic E-state index is 0.193. The first-order valence-electron chi connectivity index (χ1n) is 8.37. The first kappa shape index (κ1) is 19.4. The fourth-order valence-electron chi connectivity index (χ4n) is 2.47. The number of rotatable bonds is 5. The quantitative estimate of drug-likeness (QED) is 0.654. The first-order valence-corrected chi connectivity index (χ1v) is 9.18. The van der Waals surface area contributed by atoms with Gasteiger partial charge in [-0.1, -0.05) is 12.1 Å². The lowest BCUT2D eigenvalue weighted by atomic mass is 10.3. The molecular formula is C19H18N2O6S. The van der Waals surface area contributed by atoms with Crippen LogP contribution in [-0.2, 0) is 4.74 Å². The number of carbonyl (C=O) groups excluding carboxylic acids is 2. The Balaban J connectivity index is 1.87. The van der Waals surface area contributed by atoms with Crippen molar-refractivity contribution in [3.05, 3.63) is 52.4 Å². The van der Waals surface area contributed by atoms with Crippen molar-refractivity contribution >= 4 is 44.3 Å². The molecule has 0 atom stereocenters. The van der Waals surface area contributed by atoms with Gasteiger partial charge in [-0.05, 0) is 25.1 Å². The zero-order chi connectivity index (χ0) is 20.3. The molecule has 0 saturated heterocycles. The molecule has 0 aliphatic rings. The number of nitrogens with one attached hydrogen (secondary N) is 1. The van der Waals surface area contributed by atoms with Crippen LogP contribution in [0.4, 0.5) is 15.5 Å². The molecule has 28 heavy (non-hydrogen) atoms. The SMILES string of the molecule is CCOc1ccccc1NC(=O)N(C)c1cc2oc(=O)c(C(=O)OC)cc2s1. The van der Waals surface area contributed by atoms with Gasteiger partial charge < -0.3 is 19.2 Å². The van der Waals surface area contributed by atoms with E-state index in [0.717, 1.165) is 0 Å². The van der Waals surface area contributed by atoms with Gasteiger partial charge in [0.1, 0.15) is 16.3 Å². The van der Waals surface area contributed by atoms with E-state index in [-0.39, 0.29) is 11.1 Å². The largest absolute Gasteiger partial charge is 0.492 e. The number of ether oxygens (including phenoxy) is 2. The van der Waals surface area contributed by atoms with Crippen molar-refractivity contribution < 1.29 is 23.5 Å². The van der Waals surface area contributed by atoms with Gasteiger partial charge in [0.05, 0.1) is 24.1 Å². The van der Waals surface area contributed by atoms with Crippen LogP contribution in [0.5, 0.6) is 5.75 Å². The summed E-state index contributed by atoms with van der Waals surface area (Å²) in [6.07, 6.45) is 0. The van der Waals surface area contributed by atoms with E-state index in [1.807, 2.05) is 13.0 Å². The highest BCUT2D eigenvalue weighted by atomic mass is 32.1. The van der Waals surface area contributed by atoms with Crippen LogP contribution in [0.15, 0.2) is 45.6 Å². The molecule has 0 unspecified atom stereocenters. The molecule has 0 bridgehead atoms. The molecule has 0 fully saturated rings. The molecule has 0 aliphatic heterocycles. The molecule has 0 saturated carbocycles. The summed E-state index contributed by atoms with van der Waals surface area (Å²) in [5, 5.41) is 3.32. The van der Waals surface area contributed by atoms with Gasteiger partial charge in [0.15, 0.2) is 5.58 Å². The first-order chi connectivity index (χ1) is 13.4. The van der Waals surface area contributed by atoms with E-state index in [1.165, 1.54) is 29.4 Å². The number of thiophene rings is 1. The Bertz CT molecular complexity index is 1090. The number of urea groups is 1. The number of esters is 1. The maximum atomic E-state index is 12.6. The average Bonchev–Trinajstić information content (AvgIpc) is 3.10. The molecule has 0 aliphatic carbocycles. The normalized spacial score (nSPS) is 10.5. The number of nitrogens with zero attached hydrogens (tertiary/aromatic N) is 1. The summed E-state index contributed by atoms with van der Waals surface area (Å²) >= 11 is 1.20. The van der Waals surface area contributed by atoms with Crippen molar-refractivity contribution in [2.75, 3.05) is 31.0 Å². The van der Waals surface area contributed by atoms with Gasteiger partial charge in [-0.25, -0.2) is 14.4 Å². The van der Waals surface area contributed by atoms with Crippen molar-refractivity contribution in [2.45, 2.75) is 6.92 Å². The number of hydrogen-bond acceptors (Lipinski definition) is 7. The summed E-state index contributed by atoms with van der Waals surface area (Å²) in [7, 11) is 2.77. The number of benzene rings is 1. The fourth-order valence-corrected chi connectivity index (χ4v) is 3.46. The van der Waals surface area contributed by atoms with E-state index in [9.17, 15) is 14.4 Å². The van der Waals surface area contributed by atoms with Gasteiger partial charge in [0.25, 0.3) is 0 Å². The molecule has 3 rings (SSSR count). The van der Waals surface area contributed by atoms with Gasteiger partial charge in [-0.3, -0.25) is 4.90 Å². The minimum Gasteiger partial charge on any atom is -0.492 e. The molecule has 1 N–H and O–H groups in total. The van der Waals surface area contributed by atoms with Gasteiger partial charge in [-0.2, -0.15) is 0 Å². The van der Waals surface area contributed by atoms with Crippen LogP contribution in [0.2, 0.25) is 0 Å². The molecule has 146 valence electrons. The molecule has 2 aromatic heterocycles. The van der Waals surface area contributed by atoms with Crippen molar-refractivity contribution in [1.82, 2.24) is 0 Å². The monoisotopic (exact) mass is 402 g/mol. The molecule has 2 amide bonds. The third-order valence-electron chi connectivity index (χ3n) is 3.88. The summed E-state index contributed by atoms with van der Waals surface area (Å²) in [6, 6.07) is 9.69. The van der Waals surface area contributed by atoms with E-state index in [4.69, 9.17) is 9.15 Å². The summed E-state index contributed by atoms with van der Waals surface area (Å²) in [6.45, 7) is 2.33. The van der Waals surface area contributed by atoms with E-state index >= 15 is 0 Å². The Kier molecular flexibility index (Phi) is 5.65. The molecule has 8 nitrogen and oxygen atoms in total. The fraction of sp³-hybridized carbons (Fsp3) is 0.211. The Hall–Kier alpha value is -3.33. The molecule has 0 spiro atoms. The molecule has 1 aromatic carbocycles. The number of para-hydroxylation sites is 2. The van der Waals surface area contributed by atoms with Crippen LogP contribution in [-0.4, -0.2) is 32.8 Å². The summed E-state index contributed by atoms with van der Waals surface area (Å²) in [4.78, 5) is 37.6. The maximum absolute atomic E-state index is 12.6. The van der Waals surface area contributed by atoms with Crippen molar-refractivity contribution in [3.8, 4) is 5.75 Å².